The molecule has 2 bridgehead atoms. The topological polar surface area (TPSA) is 59.0 Å². The maximum absolute atomic E-state index is 13.8. The number of hydrogen-bond acceptors (Lipinski definition) is 4. The third-order valence-electron chi connectivity index (χ3n) is 7.96. The number of nitrogens with zero attached hydrogens (tertiary/aromatic N) is 2. The van der Waals surface area contributed by atoms with Crippen LogP contribution in [0.4, 0.5) is 0 Å². The second kappa shape index (κ2) is 8.96. The first-order chi connectivity index (χ1) is 18.6. The van der Waals surface area contributed by atoms with E-state index in [1.165, 1.54) is 0 Å². The highest BCUT2D eigenvalue weighted by molar-refractivity contribution is 6.30. The first-order valence-electron chi connectivity index (χ1n) is 12.7. The molecule has 1 fully saturated rings. The zero-order valence-electron chi connectivity index (χ0n) is 20.3. The van der Waals surface area contributed by atoms with Crippen molar-refractivity contribution in [2.75, 3.05) is 0 Å². The van der Waals surface area contributed by atoms with Crippen LogP contribution >= 0.6 is 11.6 Å². The van der Waals surface area contributed by atoms with Crippen molar-refractivity contribution in [1.82, 2.24) is 5.01 Å². The van der Waals surface area contributed by atoms with E-state index < -0.39 is 11.8 Å². The molecule has 1 heterocycles. The Morgan fingerprint density at radius 2 is 1.21 bits per heavy atom. The summed E-state index contributed by atoms with van der Waals surface area (Å²) in [5.74, 6) is -1.07. The summed E-state index contributed by atoms with van der Waals surface area (Å²) in [6.45, 7) is 0.355. The molecule has 5 nitrogen and oxygen atoms in total. The first-order valence-corrected chi connectivity index (χ1v) is 13.1. The van der Waals surface area contributed by atoms with Gasteiger partial charge in [0, 0.05) is 22.4 Å². The number of carbonyl (C=O) groups excluding carboxylic acids is 2. The summed E-state index contributed by atoms with van der Waals surface area (Å²) in [4.78, 5) is 27.5. The summed E-state index contributed by atoms with van der Waals surface area (Å²) >= 11 is 5.98. The summed E-state index contributed by atoms with van der Waals surface area (Å²) in [7, 11) is 0. The van der Waals surface area contributed by atoms with Crippen molar-refractivity contribution < 1.29 is 14.3 Å². The van der Waals surface area contributed by atoms with E-state index in [4.69, 9.17) is 16.3 Å². The predicted octanol–water partition coefficient (Wildman–Crippen LogP) is 6.15. The number of benzene rings is 4. The van der Waals surface area contributed by atoms with E-state index in [9.17, 15) is 9.59 Å². The molecule has 6 heteroatoms. The Labute approximate surface area is 225 Å². The number of rotatable bonds is 5. The number of hydrazone groups is 1. The third-order valence-corrected chi connectivity index (χ3v) is 8.22. The van der Waals surface area contributed by atoms with Crippen molar-refractivity contribution in [2.24, 2.45) is 16.9 Å². The van der Waals surface area contributed by atoms with Crippen molar-refractivity contribution in [3.05, 3.63) is 135 Å². The highest BCUT2D eigenvalue weighted by atomic mass is 35.5. The van der Waals surface area contributed by atoms with Crippen LogP contribution in [0, 0.1) is 11.8 Å². The molecule has 4 aromatic carbocycles. The number of carbonyl (C=O) groups is 2. The zero-order valence-corrected chi connectivity index (χ0v) is 21.1. The fourth-order valence-electron chi connectivity index (χ4n) is 6.36. The molecular formula is C32H23ClN2O3. The van der Waals surface area contributed by atoms with Crippen molar-refractivity contribution in [1.29, 1.82) is 0 Å². The van der Waals surface area contributed by atoms with E-state index in [-0.39, 0.29) is 23.7 Å². The molecule has 4 aliphatic rings. The number of hydrogen-bond donors (Lipinski definition) is 0. The molecule has 0 N–H and O–H groups in total. The number of para-hydroxylation sites is 1. The van der Waals surface area contributed by atoms with E-state index in [0.717, 1.165) is 32.8 Å². The van der Waals surface area contributed by atoms with Crippen molar-refractivity contribution >= 4 is 29.6 Å². The second-order valence-electron chi connectivity index (χ2n) is 9.95. The van der Waals surface area contributed by atoms with Gasteiger partial charge in [0.25, 0.3) is 11.8 Å². The maximum atomic E-state index is 13.8. The fraction of sp³-hybridized carbons (Fsp3) is 0.156. The lowest BCUT2D eigenvalue weighted by Gasteiger charge is -2.45. The molecule has 8 rings (SSSR count). The summed E-state index contributed by atoms with van der Waals surface area (Å²) in [5, 5.41) is 6.20. The van der Waals surface area contributed by atoms with Crippen molar-refractivity contribution in [2.45, 2.75) is 18.4 Å². The molecule has 0 spiro atoms. The van der Waals surface area contributed by atoms with E-state index >= 15 is 0 Å². The molecule has 1 saturated heterocycles. The number of halogens is 1. The lowest BCUT2D eigenvalue weighted by molar-refractivity contribution is -0.139. The van der Waals surface area contributed by atoms with Crippen LogP contribution in [0.2, 0.25) is 5.02 Å². The summed E-state index contributed by atoms with van der Waals surface area (Å²) in [6.07, 6.45) is 1.55. The predicted molar refractivity (Wildman–Crippen MR) is 145 cm³/mol. The Balaban J connectivity index is 1.19. The van der Waals surface area contributed by atoms with Crippen LogP contribution in [0.15, 0.2) is 102 Å². The Hall–Kier alpha value is -4.22. The van der Waals surface area contributed by atoms with Crippen LogP contribution in [-0.2, 0) is 16.2 Å². The smallest absolute Gasteiger partial charge is 0.254 e. The van der Waals surface area contributed by atoms with E-state index in [1.807, 2.05) is 72.8 Å². The number of ether oxygens (including phenoxy) is 1. The molecule has 2 amide bonds. The van der Waals surface area contributed by atoms with E-state index in [1.54, 1.807) is 6.21 Å². The van der Waals surface area contributed by atoms with Gasteiger partial charge in [0.2, 0.25) is 0 Å². The van der Waals surface area contributed by atoms with Crippen LogP contribution in [-0.4, -0.2) is 23.0 Å². The number of amides is 2. The summed E-state index contributed by atoms with van der Waals surface area (Å²) in [5.41, 5.74) is 6.24. The monoisotopic (exact) mass is 518 g/mol. The normalized spacial score (nSPS) is 22.9. The third kappa shape index (κ3) is 3.50. The molecule has 38 heavy (non-hydrogen) atoms. The van der Waals surface area contributed by atoms with Gasteiger partial charge in [-0.15, -0.1) is 0 Å². The molecule has 186 valence electrons. The largest absolute Gasteiger partial charge is 0.488 e. The highest BCUT2D eigenvalue weighted by Crippen LogP contribution is 2.60. The van der Waals surface area contributed by atoms with Gasteiger partial charge >= 0.3 is 0 Å². The van der Waals surface area contributed by atoms with Crippen molar-refractivity contribution in [3.8, 4) is 5.75 Å². The lowest BCUT2D eigenvalue weighted by atomic mass is 9.55. The quantitative estimate of drug-likeness (QED) is 0.235. The molecule has 0 radical (unpaired) electrons. The Morgan fingerprint density at radius 1 is 0.711 bits per heavy atom. The molecule has 0 unspecified atom stereocenters. The van der Waals surface area contributed by atoms with Gasteiger partial charge < -0.3 is 4.74 Å². The summed E-state index contributed by atoms with van der Waals surface area (Å²) in [6, 6.07) is 31.3. The van der Waals surface area contributed by atoms with Gasteiger partial charge in [-0.2, -0.15) is 10.1 Å². The minimum atomic E-state index is -0.453. The Bertz CT molecular complexity index is 1500. The molecule has 0 aromatic heterocycles. The van der Waals surface area contributed by atoms with Crippen molar-refractivity contribution in [3.63, 3.8) is 0 Å². The van der Waals surface area contributed by atoms with Crippen LogP contribution in [0.3, 0.4) is 0 Å². The van der Waals surface area contributed by atoms with E-state index in [0.29, 0.717) is 22.9 Å². The van der Waals surface area contributed by atoms with Gasteiger partial charge in [-0.25, -0.2) is 0 Å². The standard InChI is InChI=1S/C32H23ClN2O3/c33-21-15-13-19(14-16-21)18-38-26-12-6-1-7-20(26)17-34-35-31(36)29-27-22-8-2-3-9-23(22)28(30(29)32(35)37)25-11-5-4-10-24(25)27/h1-17,27-30H,18H2/b34-17-/t27?,28?,29-,30+. The lowest BCUT2D eigenvalue weighted by Crippen LogP contribution is -2.41. The van der Waals surface area contributed by atoms with Gasteiger partial charge in [-0.05, 0) is 52.1 Å². The SMILES string of the molecule is O=C1[C@@H]2C3c4ccccc4C(c4ccccc43)[C@@H]2C(=O)N1/N=C\c1ccccc1OCc1ccc(Cl)cc1. The average Bonchev–Trinajstić information content (AvgIpc) is 3.21. The Kier molecular flexibility index (Phi) is 5.41. The summed E-state index contributed by atoms with van der Waals surface area (Å²) < 4.78 is 6.03. The van der Waals surface area contributed by atoms with Crippen LogP contribution in [0.1, 0.15) is 45.2 Å². The minimum Gasteiger partial charge on any atom is -0.488 e. The zero-order chi connectivity index (χ0) is 25.8. The van der Waals surface area contributed by atoms with Gasteiger partial charge in [0.05, 0.1) is 18.1 Å². The molecule has 2 atom stereocenters. The van der Waals surface area contributed by atoms with Crippen LogP contribution in [0.5, 0.6) is 5.75 Å². The van der Waals surface area contributed by atoms with Gasteiger partial charge in [-0.3, -0.25) is 9.59 Å². The van der Waals surface area contributed by atoms with Crippen LogP contribution in [0.25, 0.3) is 0 Å². The average molecular weight is 519 g/mol. The molecule has 0 saturated carbocycles. The molecule has 3 aliphatic carbocycles. The maximum Gasteiger partial charge on any atom is 0.254 e. The molecular weight excluding hydrogens is 496 g/mol. The molecule has 4 aromatic rings. The van der Waals surface area contributed by atoms with E-state index in [2.05, 4.69) is 29.4 Å². The van der Waals surface area contributed by atoms with Crippen LogP contribution < -0.4 is 4.74 Å². The van der Waals surface area contributed by atoms with Gasteiger partial charge in [0.1, 0.15) is 12.4 Å². The minimum absolute atomic E-state index is 0.149. The first kappa shape index (κ1) is 22.9. The Morgan fingerprint density at radius 3 is 1.76 bits per heavy atom. The molecule has 1 aliphatic heterocycles. The fourth-order valence-corrected chi connectivity index (χ4v) is 6.48. The highest BCUT2D eigenvalue weighted by Gasteiger charge is 2.61. The number of imide groups is 1. The van der Waals surface area contributed by atoms with Gasteiger partial charge in [0.15, 0.2) is 0 Å². The van der Waals surface area contributed by atoms with Gasteiger partial charge in [-0.1, -0.05) is 84.4 Å². The second-order valence-corrected chi connectivity index (χ2v) is 10.4.